The smallest absolute Gasteiger partial charge is 0.310 e. The molecule has 0 aromatic heterocycles. The summed E-state index contributed by atoms with van der Waals surface area (Å²) in [7, 11) is 1.67. The highest BCUT2D eigenvalue weighted by Crippen LogP contribution is 2.13. The van der Waals surface area contributed by atoms with Crippen molar-refractivity contribution >= 4 is 5.97 Å². The van der Waals surface area contributed by atoms with Crippen LogP contribution in [0.5, 0.6) is 0 Å². The predicted octanol–water partition coefficient (Wildman–Crippen LogP) is 2.03. The molecular weight excluding hydrogens is 230 g/mol. The van der Waals surface area contributed by atoms with E-state index in [0.717, 1.165) is 11.1 Å². The Morgan fingerprint density at radius 3 is 2.67 bits per heavy atom. The zero-order valence-corrected chi connectivity index (χ0v) is 11.2. The van der Waals surface area contributed by atoms with E-state index in [1.54, 1.807) is 21.0 Å². The van der Waals surface area contributed by atoms with E-state index in [1.807, 2.05) is 18.2 Å². The van der Waals surface area contributed by atoms with E-state index in [2.05, 4.69) is 11.4 Å². The lowest BCUT2D eigenvalue weighted by Crippen LogP contribution is -2.35. The van der Waals surface area contributed by atoms with Crippen molar-refractivity contribution in [1.29, 1.82) is 0 Å². The van der Waals surface area contributed by atoms with Crippen molar-refractivity contribution in [3.63, 3.8) is 0 Å². The average Bonchev–Trinajstić information content (AvgIpc) is 2.29. The number of benzene rings is 1. The van der Waals surface area contributed by atoms with Crippen LogP contribution < -0.4 is 5.32 Å². The van der Waals surface area contributed by atoms with Gasteiger partial charge in [-0.1, -0.05) is 24.3 Å². The molecule has 0 saturated heterocycles. The van der Waals surface area contributed by atoms with Crippen LogP contribution in [0, 0.1) is 5.41 Å². The molecule has 0 fully saturated rings. The molecule has 0 aliphatic heterocycles. The highest BCUT2D eigenvalue weighted by Gasteiger charge is 2.26. The van der Waals surface area contributed by atoms with Gasteiger partial charge in [0.15, 0.2) is 0 Å². The molecule has 1 aromatic carbocycles. The van der Waals surface area contributed by atoms with Crippen molar-refractivity contribution < 1.29 is 14.6 Å². The van der Waals surface area contributed by atoms with Crippen molar-refractivity contribution in [1.82, 2.24) is 5.32 Å². The molecule has 4 heteroatoms. The number of methoxy groups -OCH3 is 1. The van der Waals surface area contributed by atoms with Crippen LogP contribution in [-0.2, 0) is 22.7 Å². The highest BCUT2D eigenvalue weighted by atomic mass is 16.5. The Morgan fingerprint density at radius 2 is 2.06 bits per heavy atom. The van der Waals surface area contributed by atoms with E-state index < -0.39 is 11.4 Å². The molecule has 0 radical (unpaired) electrons. The number of carboxylic acids is 1. The lowest BCUT2D eigenvalue weighted by molar-refractivity contribution is -0.146. The molecule has 0 aliphatic rings. The Kier molecular flexibility index (Phi) is 5.31. The fraction of sp³-hybridized carbons (Fsp3) is 0.500. The molecule has 0 saturated carbocycles. The molecule has 0 atom stereocenters. The molecular formula is C14H21NO3. The fourth-order valence-electron chi connectivity index (χ4n) is 1.59. The molecule has 0 spiro atoms. The third-order valence-corrected chi connectivity index (χ3v) is 2.78. The number of hydrogen-bond donors (Lipinski definition) is 2. The first-order chi connectivity index (χ1) is 8.45. The summed E-state index contributed by atoms with van der Waals surface area (Å²) in [4.78, 5) is 10.9. The fourth-order valence-corrected chi connectivity index (χ4v) is 1.59. The van der Waals surface area contributed by atoms with Gasteiger partial charge in [0.2, 0.25) is 0 Å². The number of aliphatic carboxylic acids is 1. The SMILES string of the molecule is COCc1cccc(CNCC(C)(C)C(=O)O)c1. The summed E-state index contributed by atoms with van der Waals surface area (Å²) in [5.74, 6) is -0.789. The van der Waals surface area contributed by atoms with Crippen molar-refractivity contribution in [2.75, 3.05) is 13.7 Å². The molecule has 0 bridgehead atoms. The lowest BCUT2D eigenvalue weighted by atomic mass is 9.94. The Morgan fingerprint density at radius 1 is 1.39 bits per heavy atom. The van der Waals surface area contributed by atoms with Gasteiger partial charge >= 0.3 is 5.97 Å². The molecule has 2 N–H and O–H groups in total. The minimum atomic E-state index is -0.789. The zero-order chi connectivity index (χ0) is 13.6. The molecule has 100 valence electrons. The molecule has 4 nitrogen and oxygen atoms in total. The lowest BCUT2D eigenvalue weighted by Gasteiger charge is -2.19. The number of nitrogens with one attached hydrogen (secondary N) is 1. The first kappa shape index (κ1) is 14.7. The van der Waals surface area contributed by atoms with E-state index in [-0.39, 0.29) is 0 Å². The quantitative estimate of drug-likeness (QED) is 0.778. The van der Waals surface area contributed by atoms with E-state index in [4.69, 9.17) is 9.84 Å². The largest absolute Gasteiger partial charge is 0.481 e. The first-order valence-corrected chi connectivity index (χ1v) is 5.96. The maximum Gasteiger partial charge on any atom is 0.310 e. The van der Waals surface area contributed by atoms with Gasteiger partial charge in [0.1, 0.15) is 0 Å². The van der Waals surface area contributed by atoms with E-state index in [9.17, 15) is 4.79 Å². The Hall–Kier alpha value is -1.39. The first-order valence-electron chi connectivity index (χ1n) is 5.96. The normalized spacial score (nSPS) is 11.5. The number of carbonyl (C=O) groups is 1. The number of hydrogen-bond acceptors (Lipinski definition) is 3. The van der Waals surface area contributed by atoms with Crippen molar-refractivity contribution in [3.05, 3.63) is 35.4 Å². The van der Waals surface area contributed by atoms with Crippen LogP contribution >= 0.6 is 0 Å². The minimum Gasteiger partial charge on any atom is -0.481 e. The minimum absolute atomic E-state index is 0.441. The Labute approximate surface area is 108 Å². The van der Waals surface area contributed by atoms with Crippen LogP contribution in [0.2, 0.25) is 0 Å². The molecule has 1 rings (SSSR count). The topological polar surface area (TPSA) is 58.6 Å². The summed E-state index contributed by atoms with van der Waals surface area (Å²) in [6, 6.07) is 8.06. The third kappa shape index (κ3) is 4.47. The van der Waals surface area contributed by atoms with Crippen LogP contribution in [-0.4, -0.2) is 24.7 Å². The van der Waals surface area contributed by atoms with Gasteiger partial charge in [0.05, 0.1) is 12.0 Å². The van der Waals surface area contributed by atoms with Crippen LogP contribution in [0.3, 0.4) is 0 Å². The highest BCUT2D eigenvalue weighted by molar-refractivity contribution is 5.73. The van der Waals surface area contributed by atoms with Gasteiger partial charge in [0.25, 0.3) is 0 Å². The standard InChI is InChI=1S/C14H21NO3/c1-14(2,13(16)17)10-15-8-11-5-4-6-12(7-11)9-18-3/h4-7,15H,8-10H2,1-3H3,(H,16,17). The maximum atomic E-state index is 10.9. The van der Waals surface area contributed by atoms with Crippen LogP contribution in [0.25, 0.3) is 0 Å². The van der Waals surface area contributed by atoms with Crippen LogP contribution in [0.15, 0.2) is 24.3 Å². The van der Waals surface area contributed by atoms with Gasteiger partial charge in [0, 0.05) is 20.2 Å². The van der Waals surface area contributed by atoms with Gasteiger partial charge in [-0.15, -0.1) is 0 Å². The van der Waals surface area contributed by atoms with Gasteiger partial charge in [-0.2, -0.15) is 0 Å². The number of carboxylic acid groups (broad SMARTS) is 1. The monoisotopic (exact) mass is 251 g/mol. The summed E-state index contributed by atoms with van der Waals surface area (Å²) in [5.41, 5.74) is 1.50. The molecule has 0 amide bonds. The maximum absolute atomic E-state index is 10.9. The summed E-state index contributed by atoms with van der Waals surface area (Å²) < 4.78 is 5.07. The predicted molar refractivity (Wildman–Crippen MR) is 70.3 cm³/mol. The number of ether oxygens (including phenoxy) is 1. The van der Waals surface area contributed by atoms with Gasteiger partial charge in [-0.3, -0.25) is 4.79 Å². The second-order valence-corrected chi connectivity index (χ2v) is 5.05. The summed E-state index contributed by atoms with van der Waals surface area (Å²) in [6.45, 7) is 5.12. The zero-order valence-electron chi connectivity index (χ0n) is 11.2. The van der Waals surface area contributed by atoms with Crippen LogP contribution in [0.1, 0.15) is 25.0 Å². The second-order valence-electron chi connectivity index (χ2n) is 5.05. The van der Waals surface area contributed by atoms with Gasteiger partial charge < -0.3 is 15.2 Å². The van der Waals surface area contributed by atoms with E-state index in [1.165, 1.54) is 0 Å². The summed E-state index contributed by atoms with van der Waals surface area (Å²) >= 11 is 0. The van der Waals surface area contributed by atoms with E-state index in [0.29, 0.717) is 19.7 Å². The second kappa shape index (κ2) is 6.52. The van der Waals surface area contributed by atoms with Gasteiger partial charge in [-0.25, -0.2) is 0 Å². The van der Waals surface area contributed by atoms with Crippen molar-refractivity contribution in [3.8, 4) is 0 Å². The summed E-state index contributed by atoms with van der Waals surface area (Å²) in [5, 5.41) is 12.2. The van der Waals surface area contributed by atoms with Crippen LogP contribution in [0.4, 0.5) is 0 Å². The summed E-state index contributed by atoms with van der Waals surface area (Å²) in [6.07, 6.45) is 0. The Bertz CT molecular complexity index is 402. The number of rotatable bonds is 7. The van der Waals surface area contributed by atoms with E-state index >= 15 is 0 Å². The Balaban J connectivity index is 2.49. The van der Waals surface area contributed by atoms with Crippen molar-refractivity contribution in [2.45, 2.75) is 27.0 Å². The average molecular weight is 251 g/mol. The molecule has 18 heavy (non-hydrogen) atoms. The third-order valence-electron chi connectivity index (χ3n) is 2.78. The van der Waals surface area contributed by atoms with Gasteiger partial charge in [-0.05, 0) is 25.0 Å². The van der Waals surface area contributed by atoms with Crippen molar-refractivity contribution in [2.24, 2.45) is 5.41 Å². The molecule has 0 heterocycles. The molecule has 0 aliphatic carbocycles. The molecule has 1 aromatic rings. The molecule has 0 unspecified atom stereocenters.